The van der Waals surface area contributed by atoms with E-state index in [2.05, 4.69) is 35.1 Å². The summed E-state index contributed by atoms with van der Waals surface area (Å²) in [5, 5.41) is 23.3. The maximum absolute atomic E-state index is 12.8. The molecule has 1 N–H and O–H groups in total. The summed E-state index contributed by atoms with van der Waals surface area (Å²) in [5.41, 5.74) is 1.69. The number of ether oxygens (including phenoxy) is 1. The molecule has 0 fully saturated rings. The zero-order valence-electron chi connectivity index (χ0n) is 19.9. The van der Waals surface area contributed by atoms with Gasteiger partial charge in [0.25, 0.3) is 0 Å². The molecule has 2 heterocycles. The molecule has 188 valence electrons. The number of thiophene rings is 1. The number of allylic oxidation sites excluding steroid dienone is 1. The van der Waals surface area contributed by atoms with Crippen LogP contribution in [0.5, 0.6) is 5.75 Å². The van der Waals surface area contributed by atoms with Gasteiger partial charge in [-0.3, -0.25) is 9.36 Å². The maximum atomic E-state index is 12.8. The monoisotopic (exact) mass is 561 g/mol. The first-order valence-electron chi connectivity index (χ1n) is 11.4. The molecule has 0 bridgehead atoms. The van der Waals surface area contributed by atoms with Crippen molar-refractivity contribution in [2.24, 2.45) is 5.92 Å². The summed E-state index contributed by atoms with van der Waals surface area (Å²) >= 11 is 15.0. The minimum atomic E-state index is -0.461. The Hall–Kier alpha value is -2.51. The maximum Gasteiger partial charge on any atom is 0.235 e. The lowest BCUT2D eigenvalue weighted by atomic mass is 9.89. The van der Waals surface area contributed by atoms with Crippen molar-refractivity contribution < 1.29 is 9.53 Å². The van der Waals surface area contributed by atoms with Gasteiger partial charge in [0.1, 0.15) is 16.8 Å². The van der Waals surface area contributed by atoms with Crippen LogP contribution >= 0.6 is 46.3 Å². The number of anilines is 1. The molecule has 2 atom stereocenters. The van der Waals surface area contributed by atoms with Crippen LogP contribution in [0.2, 0.25) is 10.0 Å². The minimum absolute atomic E-state index is 0.122. The first-order valence-corrected chi connectivity index (χ1v) is 14.0. The van der Waals surface area contributed by atoms with Crippen LogP contribution < -0.4 is 10.1 Å². The molecule has 3 aromatic rings. The molecule has 7 nitrogen and oxygen atoms in total. The number of hydrogen-bond acceptors (Lipinski definition) is 7. The van der Waals surface area contributed by atoms with E-state index in [1.165, 1.54) is 28.0 Å². The van der Waals surface area contributed by atoms with Gasteiger partial charge in [0.15, 0.2) is 17.1 Å². The fourth-order valence-electron chi connectivity index (χ4n) is 4.07. The van der Waals surface area contributed by atoms with Gasteiger partial charge in [-0.2, -0.15) is 5.26 Å². The standard InChI is InChI=1S/C25H25Cl2N5O2S2/c1-4-9-32-23(15(3)34-20-8-6-16(26)11-19(20)27)30-31-25(32)35-13-22(33)29-24-18(12-28)17-7-5-14(2)10-21(17)36-24/h4,6,8,11,14-15H,1,5,7,9-10,13H2,2-3H3,(H,29,33). The van der Waals surface area contributed by atoms with Crippen molar-refractivity contribution >= 4 is 57.2 Å². The number of nitrogens with zero attached hydrogens (tertiary/aromatic N) is 4. The van der Waals surface area contributed by atoms with E-state index in [4.69, 9.17) is 27.9 Å². The number of nitrogens with one attached hydrogen (secondary N) is 1. The lowest BCUT2D eigenvalue weighted by Gasteiger charge is -2.17. The highest BCUT2D eigenvalue weighted by Gasteiger charge is 2.25. The van der Waals surface area contributed by atoms with Gasteiger partial charge >= 0.3 is 0 Å². The molecule has 1 aliphatic carbocycles. The fourth-order valence-corrected chi connectivity index (χ4v) is 6.66. The Morgan fingerprint density at radius 1 is 1.47 bits per heavy atom. The lowest BCUT2D eigenvalue weighted by molar-refractivity contribution is -0.113. The van der Waals surface area contributed by atoms with Crippen LogP contribution in [0.15, 0.2) is 36.0 Å². The van der Waals surface area contributed by atoms with E-state index in [-0.39, 0.29) is 11.7 Å². The summed E-state index contributed by atoms with van der Waals surface area (Å²) in [4.78, 5) is 14.0. The first kappa shape index (κ1) is 26.6. The van der Waals surface area contributed by atoms with Crippen molar-refractivity contribution in [1.29, 1.82) is 5.26 Å². The van der Waals surface area contributed by atoms with Crippen LogP contribution in [0.4, 0.5) is 5.00 Å². The Balaban J connectivity index is 1.44. The number of hydrogen-bond donors (Lipinski definition) is 1. The average molecular weight is 563 g/mol. The molecule has 0 aliphatic heterocycles. The number of amides is 1. The Bertz CT molecular complexity index is 1330. The Morgan fingerprint density at radius 3 is 3.00 bits per heavy atom. The van der Waals surface area contributed by atoms with Gasteiger partial charge in [0.05, 0.1) is 16.3 Å². The third kappa shape index (κ3) is 5.89. The predicted molar refractivity (Wildman–Crippen MR) is 145 cm³/mol. The third-order valence-corrected chi connectivity index (χ3v) is 8.49. The number of halogens is 2. The number of carbonyl (C=O) groups excluding carboxylic acids is 1. The Labute approximate surface area is 228 Å². The molecule has 1 amide bonds. The molecule has 36 heavy (non-hydrogen) atoms. The van der Waals surface area contributed by atoms with Crippen LogP contribution in [-0.4, -0.2) is 26.4 Å². The number of benzene rings is 1. The molecule has 0 saturated carbocycles. The SMILES string of the molecule is C=CCn1c(SCC(=O)Nc2sc3c(c2C#N)CCC(C)C3)nnc1C(C)Oc1ccc(Cl)cc1Cl. The van der Waals surface area contributed by atoms with E-state index in [0.29, 0.717) is 49.8 Å². The van der Waals surface area contributed by atoms with Crippen molar-refractivity contribution in [2.45, 2.75) is 50.9 Å². The predicted octanol–water partition coefficient (Wildman–Crippen LogP) is 6.70. The van der Waals surface area contributed by atoms with Gasteiger partial charge in [0, 0.05) is 16.4 Å². The summed E-state index contributed by atoms with van der Waals surface area (Å²) in [7, 11) is 0. The zero-order valence-corrected chi connectivity index (χ0v) is 23.0. The molecular weight excluding hydrogens is 537 g/mol. The van der Waals surface area contributed by atoms with Crippen molar-refractivity contribution in [1.82, 2.24) is 14.8 Å². The molecule has 2 aromatic heterocycles. The second-order valence-corrected chi connectivity index (χ2v) is 11.5. The molecule has 0 radical (unpaired) electrons. The van der Waals surface area contributed by atoms with Crippen LogP contribution in [0, 0.1) is 17.2 Å². The molecule has 11 heteroatoms. The smallest absolute Gasteiger partial charge is 0.235 e. The third-order valence-electron chi connectivity index (χ3n) is 5.83. The summed E-state index contributed by atoms with van der Waals surface area (Å²) in [6.07, 6.45) is 4.17. The van der Waals surface area contributed by atoms with E-state index in [0.717, 1.165) is 24.8 Å². The van der Waals surface area contributed by atoms with E-state index in [1.54, 1.807) is 24.3 Å². The number of thioether (sulfide) groups is 1. The minimum Gasteiger partial charge on any atom is -0.481 e. The molecule has 2 unspecified atom stereocenters. The van der Waals surface area contributed by atoms with E-state index in [1.807, 2.05) is 11.5 Å². The van der Waals surface area contributed by atoms with Gasteiger partial charge < -0.3 is 10.1 Å². The molecule has 4 rings (SSSR count). The second kappa shape index (κ2) is 11.7. The van der Waals surface area contributed by atoms with Crippen LogP contribution in [-0.2, 0) is 24.2 Å². The lowest BCUT2D eigenvalue weighted by Crippen LogP contribution is -2.15. The first-order chi connectivity index (χ1) is 17.3. The number of aromatic nitrogens is 3. The largest absolute Gasteiger partial charge is 0.481 e. The molecular formula is C25H25Cl2N5O2S2. The number of fused-ring (bicyclic) bond motifs is 1. The summed E-state index contributed by atoms with van der Waals surface area (Å²) < 4.78 is 7.85. The van der Waals surface area contributed by atoms with Gasteiger partial charge in [-0.05, 0) is 55.9 Å². The van der Waals surface area contributed by atoms with Crippen molar-refractivity contribution in [3.8, 4) is 11.8 Å². The zero-order chi connectivity index (χ0) is 25.8. The summed E-state index contributed by atoms with van der Waals surface area (Å²) in [6, 6.07) is 7.30. The second-order valence-electron chi connectivity index (χ2n) is 8.58. The van der Waals surface area contributed by atoms with Gasteiger partial charge in [0.2, 0.25) is 5.91 Å². The van der Waals surface area contributed by atoms with Gasteiger partial charge in [-0.1, -0.05) is 48.0 Å². The average Bonchev–Trinajstić information content (AvgIpc) is 3.39. The summed E-state index contributed by atoms with van der Waals surface area (Å²) in [6.45, 7) is 8.33. The van der Waals surface area contributed by atoms with Crippen molar-refractivity contribution in [3.63, 3.8) is 0 Å². The Morgan fingerprint density at radius 2 is 2.28 bits per heavy atom. The topological polar surface area (TPSA) is 92.8 Å². The highest BCUT2D eigenvalue weighted by atomic mass is 35.5. The van der Waals surface area contributed by atoms with Crippen LogP contribution in [0.25, 0.3) is 0 Å². The van der Waals surface area contributed by atoms with E-state index in [9.17, 15) is 10.1 Å². The molecule has 0 saturated heterocycles. The molecule has 1 aromatic carbocycles. The van der Waals surface area contributed by atoms with Crippen molar-refractivity contribution in [3.05, 3.63) is 62.7 Å². The number of rotatable bonds is 9. The van der Waals surface area contributed by atoms with Crippen LogP contribution in [0.3, 0.4) is 0 Å². The van der Waals surface area contributed by atoms with Crippen molar-refractivity contribution in [2.75, 3.05) is 11.1 Å². The number of nitriles is 1. The van der Waals surface area contributed by atoms with E-state index < -0.39 is 6.10 Å². The van der Waals surface area contributed by atoms with Gasteiger partial charge in [-0.15, -0.1) is 28.1 Å². The highest BCUT2D eigenvalue weighted by Crippen LogP contribution is 2.39. The fraction of sp³-hybridized carbons (Fsp3) is 0.360. The quantitative estimate of drug-likeness (QED) is 0.231. The normalized spacial score (nSPS) is 15.6. The highest BCUT2D eigenvalue weighted by molar-refractivity contribution is 7.99. The Kier molecular flexibility index (Phi) is 8.62. The van der Waals surface area contributed by atoms with Crippen LogP contribution in [0.1, 0.15) is 48.2 Å². The number of carbonyl (C=O) groups is 1. The molecule has 1 aliphatic rings. The molecule has 0 spiro atoms. The summed E-state index contributed by atoms with van der Waals surface area (Å²) in [5.74, 6) is 1.58. The van der Waals surface area contributed by atoms with E-state index >= 15 is 0 Å². The van der Waals surface area contributed by atoms with Gasteiger partial charge in [-0.25, -0.2) is 0 Å².